The molecule has 1 aromatic carbocycles. The molecule has 0 N–H and O–H groups in total. The first-order chi connectivity index (χ1) is 6.90. The van der Waals surface area contributed by atoms with Crippen LogP contribution in [0.1, 0.15) is 25.7 Å². The second kappa shape index (κ2) is 4.36. The second-order valence-electron chi connectivity index (χ2n) is 3.60. The van der Waals surface area contributed by atoms with Crippen molar-refractivity contribution >= 4 is 0 Å². The van der Waals surface area contributed by atoms with Gasteiger partial charge in [-0.3, -0.25) is 0 Å². The monoisotopic (exact) mass is 191 g/mol. The summed E-state index contributed by atoms with van der Waals surface area (Å²) in [5, 5.41) is 0. The molecule has 0 heterocycles. The lowest BCUT2D eigenvalue weighted by molar-refractivity contribution is 0.201. The highest BCUT2D eigenvalue weighted by Gasteiger charge is 2.17. The highest BCUT2D eigenvalue weighted by Crippen LogP contribution is 2.30. The first-order valence-electron chi connectivity index (χ1n) is 5.11. The predicted molar refractivity (Wildman–Crippen MR) is 54.7 cm³/mol. The maximum atomic E-state index is 5.84. The Morgan fingerprint density at radius 2 is 2.07 bits per heavy atom. The fourth-order valence-corrected chi connectivity index (χ4v) is 1.85. The van der Waals surface area contributed by atoms with Gasteiger partial charge in [0.2, 0.25) is 0 Å². The summed E-state index contributed by atoms with van der Waals surface area (Å²) in [6, 6.07) is 8.56. The molecule has 2 rings (SSSR count). The zero-order valence-electron chi connectivity index (χ0n) is 8.45. The van der Waals surface area contributed by atoms with Crippen molar-refractivity contribution in [1.82, 2.24) is 0 Å². The van der Waals surface area contributed by atoms with Gasteiger partial charge in [0.05, 0.1) is 13.2 Å². The number of benzene rings is 1. The molecule has 1 saturated carbocycles. The van der Waals surface area contributed by atoms with E-state index in [4.69, 9.17) is 9.47 Å². The van der Waals surface area contributed by atoms with Crippen molar-refractivity contribution in [2.45, 2.75) is 31.8 Å². The molecule has 0 saturated heterocycles. The molecular formula is C12H15O2. The van der Waals surface area contributed by atoms with Gasteiger partial charge in [0, 0.05) is 0 Å². The summed E-state index contributed by atoms with van der Waals surface area (Å²) >= 11 is 0. The van der Waals surface area contributed by atoms with E-state index >= 15 is 0 Å². The lowest BCUT2D eigenvalue weighted by Gasteiger charge is -2.15. The van der Waals surface area contributed by atoms with E-state index in [1.807, 2.05) is 18.2 Å². The molecule has 0 unspecified atom stereocenters. The van der Waals surface area contributed by atoms with Crippen LogP contribution in [0, 0.1) is 6.07 Å². The predicted octanol–water partition coefficient (Wildman–Crippen LogP) is 2.82. The summed E-state index contributed by atoms with van der Waals surface area (Å²) < 4.78 is 11.1. The van der Waals surface area contributed by atoms with Crippen LogP contribution in [0.3, 0.4) is 0 Å². The Morgan fingerprint density at radius 3 is 2.79 bits per heavy atom. The summed E-state index contributed by atoms with van der Waals surface area (Å²) in [5.41, 5.74) is 0. The van der Waals surface area contributed by atoms with Crippen LogP contribution in [-0.2, 0) is 0 Å². The van der Waals surface area contributed by atoms with Gasteiger partial charge in [-0.2, -0.15) is 0 Å². The summed E-state index contributed by atoms with van der Waals surface area (Å²) in [5.74, 6) is 1.62. The number of ether oxygens (including phenoxy) is 2. The number of hydrogen-bond acceptors (Lipinski definition) is 2. The van der Waals surface area contributed by atoms with Gasteiger partial charge in [-0.1, -0.05) is 6.07 Å². The van der Waals surface area contributed by atoms with E-state index in [2.05, 4.69) is 6.07 Å². The van der Waals surface area contributed by atoms with Crippen molar-refractivity contribution in [3.05, 3.63) is 24.3 Å². The standard InChI is InChI=1S/C12H15O2/c1-13-11-8-4-5-9-12(11)14-10-6-2-3-7-10/h4,8-10H,2-3,6-7H2,1H3. The first kappa shape index (κ1) is 9.38. The molecule has 1 aromatic rings. The number of methoxy groups -OCH3 is 1. The molecule has 0 amide bonds. The molecule has 1 radical (unpaired) electrons. The summed E-state index contributed by atoms with van der Waals surface area (Å²) in [6.07, 6.45) is 5.27. The molecule has 0 spiro atoms. The fraction of sp³-hybridized carbons (Fsp3) is 0.500. The SMILES string of the molecule is COc1cc[c]cc1OC1CCCC1. The molecule has 2 nitrogen and oxygen atoms in total. The van der Waals surface area contributed by atoms with Gasteiger partial charge in [-0.15, -0.1) is 0 Å². The minimum atomic E-state index is 0.375. The normalized spacial score (nSPS) is 16.9. The average molecular weight is 191 g/mol. The Labute approximate surface area is 84.8 Å². The van der Waals surface area contributed by atoms with Crippen LogP contribution in [0.5, 0.6) is 11.5 Å². The zero-order valence-corrected chi connectivity index (χ0v) is 8.45. The molecule has 14 heavy (non-hydrogen) atoms. The van der Waals surface area contributed by atoms with Gasteiger partial charge < -0.3 is 9.47 Å². The number of rotatable bonds is 3. The summed E-state index contributed by atoms with van der Waals surface area (Å²) in [7, 11) is 1.66. The third kappa shape index (κ3) is 2.00. The van der Waals surface area contributed by atoms with E-state index in [9.17, 15) is 0 Å². The zero-order chi connectivity index (χ0) is 9.80. The average Bonchev–Trinajstić information content (AvgIpc) is 2.71. The van der Waals surface area contributed by atoms with E-state index in [1.54, 1.807) is 7.11 Å². The molecule has 0 atom stereocenters. The van der Waals surface area contributed by atoms with Gasteiger partial charge >= 0.3 is 0 Å². The molecular weight excluding hydrogens is 176 g/mol. The highest BCUT2D eigenvalue weighted by atomic mass is 16.5. The molecule has 1 aliphatic carbocycles. The smallest absolute Gasteiger partial charge is 0.162 e. The third-order valence-corrected chi connectivity index (χ3v) is 2.60. The van der Waals surface area contributed by atoms with Crippen LogP contribution in [0.25, 0.3) is 0 Å². The van der Waals surface area contributed by atoms with E-state index in [0.717, 1.165) is 24.3 Å². The topological polar surface area (TPSA) is 18.5 Å². The molecule has 1 fully saturated rings. The van der Waals surface area contributed by atoms with Crippen molar-refractivity contribution in [3.63, 3.8) is 0 Å². The van der Waals surface area contributed by atoms with Crippen LogP contribution in [0.15, 0.2) is 18.2 Å². The molecule has 75 valence electrons. The molecule has 2 heteroatoms. The van der Waals surface area contributed by atoms with Crippen LogP contribution in [0.4, 0.5) is 0 Å². The van der Waals surface area contributed by atoms with E-state index in [1.165, 1.54) is 12.8 Å². The third-order valence-electron chi connectivity index (χ3n) is 2.60. The van der Waals surface area contributed by atoms with Crippen LogP contribution >= 0.6 is 0 Å². The lowest BCUT2D eigenvalue weighted by atomic mass is 10.3. The fourth-order valence-electron chi connectivity index (χ4n) is 1.85. The van der Waals surface area contributed by atoms with Crippen LogP contribution in [-0.4, -0.2) is 13.2 Å². The van der Waals surface area contributed by atoms with Crippen LogP contribution in [0.2, 0.25) is 0 Å². The minimum Gasteiger partial charge on any atom is -0.493 e. The highest BCUT2D eigenvalue weighted by molar-refractivity contribution is 5.39. The van der Waals surface area contributed by atoms with Gasteiger partial charge in [-0.05, 0) is 43.9 Å². The van der Waals surface area contributed by atoms with Crippen molar-refractivity contribution in [1.29, 1.82) is 0 Å². The largest absolute Gasteiger partial charge is 0.493 e. The minimum absolute atomic E-state index is 0.375. The van der Waals surface area contributed by atoms with E-state index in [-0.39, 0.29) is 0 Å². The second-order valence-corrected chi connectivity index (χ2v) is 3.60. The molecule has 0 aromatic heterocycles. The maximum absolute atomic E-state index is 5.84. The van der Waals surface area contributed by atoms with Gasteiger partial charge in [0.1, 0.15) is 0 Å². The van der Waals surface area contributed by atoms with E-state index in [0.29, 0.717) is 6.10 Å². The van der Waals surface area contributed by atoms with Crippen molar-refractivity contribution in [3.8, 4) is 11.5 Å². The first-order valence-corrected chi connectivity index (χ1v) is 5.11. The quantitative estimate of drug-likeness (QED) is 0.731. The van der Waals surface area contributed by atoms with Gasteiger partial charge in [0.15, 0.2) is 11.5 Å². The van der Waals surface area contributed by atoms with Crippen molar-refractivity contribution < 1.29 is 9.47 Å². The Hall–Kier alpha value is -1.18. The number of hydrogen-bond donors (Lipinski definition) is 0. The van der Waals surface area contributed by atoms with Crippen molar-refractivity contribution in [2.75, 3.05) is 7.11 Å². The molecule has 0 aliphatic heterocycles. The van der Waals surface area contributed by atoms with Crippen LogP contribution < -0.4 is 9.47 Å². The summed E-state index contributed by atoms with van der Waals surface area (Å²) in [4.78, 5) is 0. The van der Waals surface area contributed by atoms with E-state index < -0.39 is 0 Å². The molecule has 0 bridgehead atoms. The maximum Gasteiger partial charge on any atom is 0.162 e. The summed E-state index contributed by atoms with van der Waals surface area (Å²) in [6.45, 7) is 0. The Bertz CT molecular complexity index is 290. The van der Waals surface area contributed by atoms with Crippen molar-refractivity contribution in [2.24, 2.45) is 0 Å². The Balaban J connectivity index is 2.07. The molecule has 1 aliphatic rings. The van der Waals surface area contributed by atoms with Gasteiger partial charge in [0.25, 0.3) is 0 Å². The Morgan fingerprint density at radius 1 is 1.29 bits per heavy atom. The lowest BCUT2D eigenvalue weighted by Crippen LogP contribution is -2.11. The Kier molecular flexibility index (Phi) is 2.92. The van der Waals surface area contributed by atoms with Gasteiger partial charge in [-0.25, -0.2) is 0 Å².